The first-order chi connectivity index (χ1) is 17.7. The van der Waals surface area contributed by atoms with E-state index < -0.39 is 0 Å². The Morgan fingerprint density at radius 2 is 1.64 bits per heavy atom. The molecule has 0 atom stereocenters. The summed E-state index contributed by atoms with van der Waals surface area (Å²) in [6.45, 7) is 8.20. The molecule has 2 aromatic carbocycles. The molecule has 36 heavy (non-hydrogen) atoms. The summed E-state index contributed by atoms with van der Waals surface area (Å²) in [6, 6.07) is 19.5. The summed E-state index contributed by atoms with van der Waals surface area (Å²) < 4.78 is 6.02. The van der Waals surface area contributed by atoms with Crippen molar-refractivity contribution in [1.82, 2.24) is 19.7 Å². The molecule has 5 rings (SSSR count). The molecule has 6 nitrogen and oxygen atoms in total. The van der Waals surface area contributed by atoms with Gasteiger partial charge >= 0.3 is 0 Å². The Morgan fingerprint density at radius 3 is 2.33 bits per heavy atom. The number of aromatic nitrogens is 1. The van der Waals surface area contributed by atoms with E-state index in [0.717, 1.165) is 55.8 Å². The number of amides is 1. The highest BCUT2D eigenvalue weighted by molar-refractivity contribution is 7.11. The fourth-order valence-corrected chi connectivity index (χ4v) is 5.78. The van der Waals surface area contributed by atoms with Gasteiger partial charge < -0.3 is 9.64 Å². The molecule has 190 valence electrons. The van der Waals surface area contributed by atoms with Crippen LogP contribution in [0.4, 0.5) is 0 Å². The molecule has 2 aliphatic heterocycles. The molecule has 0 bridgehead atoms. The predicted molar refractivity (Wildman–Crippen MR) is 145 cm³/mol. The predicted octanol–water partition coefficient (Wildman–Crippen LogP) is 4.43. The van der Waals surface area contributed by atoms with Crippen molar-refractivity contribution in [3.63, 3.8) is 0 Å². The van der Waals surface area contributed by atoms with Crippen LogP contribution in [0.2, 0.25) is 0 Å². The van der Waals surface area contributed by atoms with Gasteiger partial charge in [0.15, 0.2) is 0 Å². The molecule has 2 saturated heterocycles. The summed E-state index contributed by atoms with van der Waals surface area (Å²) in [6.07, 6.45) is 5.43. The van der Waals surface area contributed by atoms with Gasteiger partial charge in [-0.1, -0.05) is 42.5 Å². The smallest absolute Gasteiger partial charge is 0.265 e. The lowest BCUT2D eigenvalue weighted by Gasteiger charge is -2.34. The maximum absolute atomic E-state index is 12.5. The number of benzene rings is 2. The minimum atomic E-state index is 0.102. The highest BCUT2D eigenvalue weighted by atomic mass is 32.1. The first-order valence-electron chi connectivity index (χ1n) is 13.1. The molecule has 2 fully saturated rings. The highest BCUT2D eigenvalue weighted by Crippen LogP contribution is 2.23. The molecule has 0 spiro atoms. The number of carbonyl (C=O) groups excluding carboxylic acids is 1. The summed E-state index contributed by atoms with van der Waals surface area (Å²) in [5, 5.41) is 0. The second kappa shape index (κ2) is 12.5. The van der Waals surface area contributed by atoms with Crippen molar-refractivity contribution < 1.29 is 9.53 Å². The van der Waals surface area contributed by atoms with Crippen molar-refractivity contribution in [3.8, 4) is 5.75 Å². The largest absolute Gasteiger partial charge is 0.492 e. The SMILES string of the molecule is O=C(c1cncs1)N1CCN(CCOc2ccc(CN3CCC(Cc4ccccc4)CC3)cc2)CC1. The Labute approximate surface area is 218 Å². The van der Waals surface area contributed by atoms with Crippen LogP contribution in [0.5, 0.6) is 5.75 Å². The van der Waals surface area contributed by atoms with Crippen molar-refractivity contribution in [3.05, 3.63) is 82.3 Å². The Bertz CT molecular complexity index is 1060. The van der Waals surface area contributed by atoms with E-state index in [1.165, 1.54) is 54.8 Å². The number of likely N-dealkylation sites (tertiary alicyclic amines) is 1. The van der Waals surface area contributed by atoms with Crippen molar-refractivity contribution in [1.29, 1.82) is 0 Å². The monoisotopic (exact) mass is 504 g/mol. The third-order valence-corrected chi connectivity index (χ3v) is 8.14. The number of nitrogens with zero attached hydrogens (tertiary/aromatic N) is 4. The third-order valence-electron chi connectivity index (χ3n) is 7.38. The quantitative estimate of drug-likeness (QED) is 0.431. The molecular weight excluding hydrogens is 468 g/mol. The lowest BCUT2D eigenvalue weighted by atomic mass is 9.90. The zero-order chi connectivity index (χ0) is 24.6. The Morgan fingerprint density at radius 1 is 0.889 bits per heavy atom. The van der Waals surface area contributed by atoms with Crippen LogP contribution in [0.15, 0.2) is 66.3 Å². The van der Waals surface area contributed by atoms with Crippen LogP contribution in [0.1, 0.15) is 33.6 Å². The minimum Gasteiger partial charge on any atom is -0.492 e. The van der Waals surface area contributed by atoms with Crippen LogP contribution in [-0.2, 0) is 13.0 Å². The van der Waals surface area contributed by atoms with E-state index in [1.807, 2.05) is 4.90 Å². The number of hydrogen-bond acceptors (Lipinski definition) is 6. The molecule has 2 aliphatic rings. The normalized spacial score (nSPS) is 17.8. The molecule has 7 heteroatoms. The average molecular weight is 505 g/mol. The van der Waals surface area contributed by atoms with Crippen LogP contribution in [0.25, 0.3) is 0 Å². The lowest BCUT2D eigenvalue weighted by Crippen LogP contribution is -2.49. The maximum Gasteiger partial charge on any atom is 0.265 e. The Kier molecular flexibility index (Phi) is 8.64. The molecule has 0 unspecified atom stereocenters. The van der Waals surface area contributed by atoms with Gasteiger partial charge in [-0.05, 0) is 61.5 Å². The van der Waals surface area contributed by atoms with E-state index in [-0.39, 0.29) is 5.91 Å². The molecule has 0 saturated carbocycles. The first kappa shape index (κ1) is 24.9. The molecule has 1 amide bonds. The van der Waals surface area contributed by atoms with Gasteiger partial charge in [-0.3, -0.25) is 19.6 Å². The van der Waals surface area contributed by atoms with Crippen LogP contribution in [0, 0.1) is 5.92 Å². The van der Waals surface area contributed by atoms with Gasteiger partial charge in [-0.15, -0.1) is 11.3 Å². The molecule has 0 N–H and O–H groups in total. The average Bonchev–Trinajstić information content (AvgIpc) is 3.47. The van der Waals surface area contributed by atoms with Crippen molar-refractivity contribution >= 4 is 17.2 Å². The van der Waals surface area contributed by atoms with Gasteiger partial charge in [0.2, 0.25) is 0 Å². The third kappa shape index (κ3) is 6.93. The van der Waals surface area contributed by atoms with Crippen molar-refractivity contribution in [2.24, 2.45) is 5.92 Å². The van der Waals surface area contributed by atoms with Gasteiger partial charge in [0, 0.05) is 39.3 Å². The maximum atomic E-state index is 12.5. The number of piperidine rings is 1. The van der Waals surface area contributed by atoms with Crippen molar-refractivity contribution in [2.75, 3.05) is 52.4 Å². The molecule has 3 heterocycles. The van der Waals surface area contributed by atoms with Gasteiger partial charge in [0.25, 0.3) is 5.91 Å². The van der Waals surface area contributed by atoms with Crippen molar-refractivity contribution in [2.45, 2.75) is 25.8 Å². The first-order valence-corrected chi connectivity index (χ1v) is 14.0. The van der Waals surface area contributed by atoms with Crippen LogP contribution in [0.3, 0.4) is 0 Å². The standard InChI is InChI=1S/C29H36N4O2S/c34-29(28-21-30-23-36-28)33-16-14-31(15-17-33)18-19-35-27-8-6-26(7-9-27)22-32-12-10-25(11-13-32)20-24-4-2-1-3-5-24/h1-9,21,23,25H,10-20,22H2. The number of piperazine rings is 1. The molecular formula is C29H36N4O2S. The molecule has 3 aromatic rings. The minimum absolute atomic E-state index is 0.102. The zero-order valence-corrected chi connectivity index (χ0v) is 21.7. The topological polar surface area (TPSA) is 48.9 Å². The van der Waals surface area contributed by atoms with Gasteiger partial charge in [0.1, 0.15) is 17.2 Å². The van der Waals surface area contributed by atoms with E-state index in [0.29, 0.717) is 6.61 Å². The van der Waals surface area contributed by atoms with E-state index in [4.69, 9.17) is 4.74 Å². The van der Waals surface area contributed by atoms with Gasteiger partial charge in [-0.25, -0.2) is 0 Å². The summed E-state index contributed by atoms with van der Waals surface area (Å²) in [5.74, 6) is 1.84. The Hall–Kier alpha value is -2.74. The van der Waals surface area contributed by atoms with Crippen LogP contribution >= 0.6 is 11.3 Å². The van der Waals surface area contributed by atoms with E-state index in [2.05, 4.69) is 69.4 Å². The van der Waals surface area contributed by atoms with E-state index >= 15 is 0 Å². The summed E-state index contributed by atoms with van der Waals surface area (Å²) in [4.78, 5) is 24.1. The Balaban J connectivity index is 0.976. The second-order valence-corrected chi connectivity index (χ2v) is 10.8. The molecule has 0 radical (unpaired) electrons. The number of ether oxygens (including phenoxy) is 1. The lowest BCUT2D eigenvalue weighted by molar-refractivity contribution is 0.0624. The highest BCUT2D eigenvalue weighted by Gasteiger charge is 2.23. The number of hydrogen-bond donors (Lipinski definition) is 0. The number of thiazole rings is 1. The van der Waals surface area contributed by atoms with Gasteiger partial charge in [0.05, 0.1) is 11.7 Å². The van der Waals surface area contributed by atoms with E-state index in [1.54, 1.807) is 11.7 Å². The zero-order valence-electron chi connectivity index (χ0n) is 20.9. The summed E-state index contributed by atoms with van der Waals surface area (Å²) in [7, 11) is 0. The number of rotatable bonds is 9. The molecule has 1 aromatic heterocycles. The van der Waals surface area contributed by atoms with Crippen LogP contribution < -0.4 is 4.74 Å². The van der Waals surface area contributed by atoms with Gasteiger partial charge in [-0.2, -0.15) is 0 Å². The number of carbonyl (C=O) groups is 1. The van der Waals surface area contributed by atoms with E-state index in [9.17, 15) is 4.79 Å². The second-order valence-electron chi connectivity index (χ2n) is 9.90. The molecule has 0 aliphatic carbocycles. The summed E-state index contributed by atoms with van der Waals surface area (Å²) in [5.41, 5.74) is 4.53. The fraction of sp³-hybridized carbons (Fsp3) is 0.448. The van der Waals surface area contributed by atoms with Crippen LogP contribution in [-0.4, -0.2) is 78.0 Å². The fourth-order valence-electron chi connectivity index (χ4n) is 5.19. The summed E-state index contributed by atoms with van der Waals surface area (Å²) >= 11 is 1.41.